The van der Waals surface area contributed by atoms with Crippen LogP contribution in [0.25, 0.3) is 27.6 Å². The first-order valence-electron chi connectivity index (χ1n) is 11.9. The van der Waals surface area contributed by atoms with Crippen molar-refractivity contribution in [1.82, 2.24) is 24.7 Å². The Balaban J connectivity index is 1.30. The second-order valence-electron chi connectivity index (χ2n) is 8.63. The Morgan fingerprint density at radius 1 is 0.949 bits per heavy atom. The number of hydrogen-bond acceptors (Lipinski definition) is 7. The quantitative estimate of drug-likeness (QED) is 0.247. The van der Waals surface area contributed by atoms with Gasteiger partial charge in [-0.3, -0.25) is 10.1 Å². The Bertz CT molecular complexity index is 1920. The minimum Gasteiger partial charge on any atom is -0.492 e. The molecule has 0 fully saturated rings. The average molecular weight is 520 g/mol. The van der Waals surface area contributed by atoms with Crippen molar-refractivity contribution in [3.63, 3.8) is 0 Å². The average Bonchev–Trinajstić information content (AvgIpc) is 3.31. The molecule has 0 aliphatic carbocycles. The molecule has 0 radical (unpaired) electrons. The summed E-state index contributed by atoms with van der Waals surface area (Å²) in [5, 5.41) is 21.1. The fourth-order valence-corrected chi connectivity index (χ4v) is 4.22. The van der Waals surface area contributed by atoms with Crippen LogP contribution in [0.1, 0.15) is 5.69 Å². The van der Waals surface area contributed by atoms with Gasteiger partial charge in [-0.25, -0.2) is 19.4 Å². The molecule has 0 unspecified atom stereocenters. The molecule has 0 bridgehead atoms. The summed E-state index contributed by atoms with van der Waals surface area (Å²) in [7, 11) is 0. The zero-order chi connectivity index (χ0) is 26.9. The van der Waals surface area contributed by atoms with E-state index < -0.39 is 6.03 Å². The number of aromatic hydroxyl groups is 1. The van der Waals surface area contributed by atoms with E-state index in [0.29, 0.717) is 45.5 Å². The number of anilines is 2. The molecule has 0 saturated heterocycles. The number of benzene rings is 3. The predicted molar refractivity (Wildman–Crippen MR) is 147 cm³/mol. The Hall–Kier alpha value is -5.71. The number of nitrogens with one attached hydrogen (secondary N) is 3. The molecule has 39 heavy (non-hydrogen) atoms. The number of fused-ring (bicyclic) bond motifs is 2. The maximum atomic E-state index is 13.0. The van der Waals surface area contributed by atoms with Crippen LogP contribution in [0.5, 0.6) is 17.4 Å². The second kappa shape index (κ2) is 9.63. The molecule has 3 heterocycles. The molecule has 0 aliphatic heterocycles. The summed E-state index contributed by atoms with van der Waals surface area (Å²) in [6.07, 6.45) is 1.53. The number of carbonyl (C=O) groups excluding carboxylic acids is 1. The number of urea groups is 1. The number of para-hydroxylation sites is 1. The Kier molecular flexibility index (Phi) is 5.85. The number of hydrogen-bond donors (Lipinski definition) is 4. The fourth-order valence-electron chi connectivity index (χ4n) is 4.22. The molecule has 2 amide bonds. The van der Waals surface area contributed by atoms with Gasteiger partial charge in [0.05, 0.1) is 11.4 Å². The number of nitrogens with zero attached hydrogens (tertiary/aromatic N) is 4. The molecule has 3 aromatic heterocycles. The molecule has 0 atom stereocenters. The van der Waals surface area contributed by atoms with Crippen molar-refractivity contribution in [3.05, 3.63) is 101 Å². The summed E-state index contributed by atoms with van der Waals surface area (Å²) < 4.78 is 7.67. The topological polar surface area (TPSA) is 147 Å². The van der Waals surface area contributed by atoms with E-state index in [1.54, 1.807) is 25.1 Å². The third-order valence-corrected chi connectivity index (χ3v) is 6.02. The van der Waals surface area contributed by atoms with E-state index in [1.165, 1.54) is 16.9 Å². The van der Waals surface area contributed by atoms with E-state index >= 15 is 0 Å². The first-order valence-corrected chi connectivity index (χ1v) is 11.9. The Morgan fingerprint density at radius 3 is 2.54 bits per heavy atom. The number of amides is 2. The Morgan fingerprint density at radius 2 is 1.72 bits per heavy atom. The zero-order valence-electron chi connectivity index (χ0n) is 20.5. The summed E-state index contributed by atoms with van der Waals surface area (Å²) in [5.41, 5.74) is 1.97. The largest absolute Gasteiger partial charge is 0.492 e. The predicted octanol–water partition coefficient (Wildman–Crippen LogP) is 5.11. The number of carbonyl (C=O) groups is 1. The first-order chi connectivity index (χ1) is 19.0. The molecule has 3 aromatic carbocycles. The fraction of sp³-hybridized carbons (Fsp3) is 0.0357. The first kappa shape index (κ1) is 23.7. The van der Waals surface area contributed by atoms with Crippen LogP contribution in [-0.2, 0) is 0 Å². The maximum absolute atomic E-state index is 13.0. The number of aromatic amines is 1. The molecule has 6 aromatic rings. The molecule has 0 saturated carbocycles. The number of ether oxygens (including phenoxy) is 1. The second-order valence-corrected chi connectivity index (χ2v) is 8.63. The summed E-state index contributed by atoms with van der Waals surface area (Å²) in [5.74, 6) is 1.03. The van der Waals surface area contributed by atoms with Crippen LogP contribution < -0.4 is 20.9 Å². The smallest absolute Gasteiger partial charge is 0.324 e. The third kappa shape index (κ3) is 4.60. The van der Waals surface area contributed by atoms with Gasteiger partial charge < -0.3 is 20.1 Å². The van der Waals surface area contributed by atoms with Gasteiger partial charge in [-0.05, 0) is 31.2 Å². The number of H-pyrrole nitrogens is 1. The van der Waals surface area contributed by atoms with Crippen LogP contribution in [0.15, 0.2) is 89.9 Å². The van der Waals surface area contributed by atoms with Gasteiger partial charge in [0.1, 0.15) is 22.8 Å². The monoisotopic (exact) mass is 519 g/mol. The van der Waals surface area contributed by atoms with Gasteiger partial charge in [-0.15, -0.1) is 5.10 Å². The van der Waals surface area contributed by atoms with Crippen LogP contribution in [0.4, 0.5) is 16.3 Å². The van der Waals surface area contributed by atoms with Crippen molar-refractivity contribution in [3.8, 4) is 23.1 Å². The van der Waals surface area contributed by atoms with Gasteiger partial charge in [-0.1, -0.05) is 42.5 Å². The highest BCUT2D eigenvalue weighted by molar-refractivity contribution is 6.07. The molecule has 11 heteroatoms. The minimum atomic E-state index is -0.519. The molecule has 4 N–H and O–H groups in total. The van der Waals surface area contributed by atoms with Gasteiger partial charge in [0.15, 0.2) is 11.4 Å². The number of rotatable bonds is 5. The standard InChI is InChI=1S/C28H21N7O4/c1-16-27(37)33-26-25(30-16)22(13-14-29-26)39-21-12-11-20(18-9-5-6-10-19(18)21)31-28(38)32-23-15-24(36)34-35(23)17-7-3-2-4-8-17/h2-15H,1H3,(H,34,36)(H,29,33,37)(H2,31,32,38). The lowest BCUT2D eigenvalue weighted by molar-refractivity contribution is 0.262. The van der Waals surface area contributed by atoms with Crippen LogP contribution in [0.3, 0.4) is 0 Å². The molecule has 0 aliphatic rings. The van der Waals surface area contributed by atoms with Crippen LogP contribution in [-0.4, -0.2) is 35.9 Å². The van der Waals surface area contributed by atoms with Crippen LogP contribution in [0, 0.1) is 6.92 Å². The van der Waals surface area contributed by atoms with Crippen molar-refractivity contribution in [2.45, 2.75) is 6.92 Å². The van der Waals surface area contributed by atoms with Gasteiger partial charge in [-0.2, -0.15) is 0 Å². The number of aromatic nitrogens is 5. The normalized spacial score (nSPS) is 11.0. The van der Waals surface area contributed by atoms with Crippen molar-refractivity contribution >= 4 is 39.5 Å². The highest BCUT2D eigenvalue weighted by Gasteiger charge is 2.15. The van der Waals surface area contributed by atoms with E-state index in [2.05, 4.69) is 30.7 Å². The summed E-state index contributed by atoms with van der Waals surface area (Å²) >= 11 is 0. The van der Waals surface area contributed by atoms with E-state index in [1.807, 2.05) is 54.6 Å². The Labute approximate surface area is 220 Å². The molecule has 6 rings (SSSR count). The molecule has 11 nitrogen and oxygen atoms in total. The summed E-state index contributed by atoms with van der Waals surface area (Å²) in [6, 6.07) is 22.6. The van der Waals surface area contributed by atoms with Crippen LogP contribution >= 0.6 is 0 Å². The lowest BCUT2D eigenvalue weighted by Crippen LogP contribution is -2.21. The molecular weight excluding hydrogens is 498 g/mol. The van der Waals surface area contributed by atoms with Crippen molar-refractivity contribution in [2.24, 2.45) is 0 Å². The van der Waals surface area contributed by atoms with E-state index in [4.69, 9.17) is 4.74 Å². The van der Waals surface area contributed by atoms with E-state index in [0.717, 1.165) is 10.8 Å². The van der Waals surface area contributed by atoms with Gasteiger partial charge in [0.2, 0.25) is 5.88 Å². The number of aryl methyl sites for hydroxylation is 1. The zero-order valence-corrected chi connectivity index (χ0v) is 20.5. The minimum absolute atomic E-state index is 0.224. The third-order valence-electron chi connectivity index (χ3n) is 6.02. The molecular formula is C28H21N7O4. The molecule has 192 valence electrons. The van der Waals surface area contributed by atoms with E-state index in [9.17, 15) is 14.7 Å². The summed E-state index contributed by atoms with van der Waals surface area (Å²) in [6.45, 7) is 1.62. The van der Waals surface area contributed by atoms with Gasteiger partial charge >= 0.3 is 6.03 Å². The highest BCUT2D eigenvalue weighted by atomic mass is 16.5. The van der Waals surface area contributed by atoms with Gasteiger partial charge in [0, 0.05) is 29.1 Å². The SMILES string of the molecule is Cc1nc2c(Oc3ccc(NC(=O)Nc4cc(O)nn4-c4ccccc4)c4ccccc34)ccnc2[nH]c1=O. The number of pyridine rings is 1. The summed E-state index contributed by atoms with van der Waals surface area (Å²) in [4.78, 5) is 36.2. The highest BCUT2D eigenvalue weighted by Crippen LogP contribution is 2.36. The lowest BCUT2D eigenvalue weighted by Gasteiger charge is -2.14. The van der Waals surface area contributed by atoms with Crippen molar-refractivity contribution in [1.29, 1.82) is 0 Å². The maximum Gasteiger partial charge on any atom is 0.324 e. The van der Waals surface area contributed by atoms with Crippen molar-refractivity contribution < 1.29 is 14.6 Å². The van der Waals surface area contributed by atoms with E-state index in [-0.39, 0.29) is 11.4 Å². The van der Waals surface area contributed by atoms with Crippen LogP contribution in [0.2, 0.25) is 0 Å². The molecule has 0 spiro atoms. The lowest BCUT2D eigenvalue weighted by atomic mass is 10.1. The van der Waals surface area contributed by atoms with Gasteiger partial charge in [0.25, 0.3) is 5.56 Å². The van der Waals surface area contributed by atoms with Crippen molar-refractivity contribution in [2.75, 3.05) is 10.6 Å².